The highest BCUT2D eigenvalue weighted by molar-refractivity contribution is 9.10. The van der Waals surface area contributed by atoms with Crippen LogP contribution in [0, 0.1) is 6.92 Å². The van der Waals surface area contributed by atoms with Crippen LogP contribution < -0.4 is 19.7 Å². The summed E-state index contributed by atoms with van der Waals surface area (Å²) in [7, 11) is 1.47. The molecule has 7 nitrogen and oxygen atoms in total. The molecule has 1 saturated heterocycles. The van der Waals surface area contributed by atoms with Crippen LogP contribution in [0.25, 0.3) is 6.08 Å². The molecule has 0 atom stereocenters. The van der Waals surface area contributed by atoms with E-state index in [0.29, 0.717) is 37.3 Å². The Morgan fingerprint density at radius 1 is 1.03 bits per heavy atom. The Morgan fingerprint density at radius 3 is 2.42 bits per heavy atom. The van der Waals surface area contributed by atoms with E-state index < -0.39 is 17.8 Å². The number of urea groups is 1. The maximum Gasteiger partial charge on any atom is 0.335 e. The topological polar surface area (TPSA) is 84.9 Å². The van der Waals surface area contributed by atoms with E-state index in [4.69, 9.17) is 32.7 Å². The molecule has 0 bridgehead atoms. The van der Waals surface area contributed by atoms with Crippen LogP contribution in [-0.4, -0.2) is 25.0 Å². The van der Waals surface area contributed by atoms with Gasteiger partial charge >= 0.3 is 6.03 Å². The smallest absolute Gasteiger partial charge is 0.335 e. The first-order valence-corrected chi connectivity index (χ1v) is 12.1. The van der Waals surface area contributed by atoms with Gasteiger partial charge in [-0.1, -0.05) is 47.0 Å². The second-order valence-corrected chi connectivity index (χ2v) is 9.55. The van der Waals surface area contributed by atoms with Crippen molar-refractivity contribution in [1.82, 2.24) is 5.32 Å². The number of anilines is 1. The monoisotopic (exact) mass is 588 g/mol. The Balaban J connectivity index is 1.64. The lowest BCUT2D eigenvalue weighted by molar-refractivity contribution is -0.122. The van der Waals surface area contributed by atoms with Gasteiger partial charge in [0.1, 0.15) is 12.2 Å². The number of hydrogen-bond donors (Lipinski definition) is 1. The first-order valence-electron chi connectivity index (χ1n) is 10.6. The number of hydrogen-bond acceptors (Lipinski definition) is 5. The molecule has 3 aromatic rings. The Kier molecular flexibility index (Phi) is 7.68. The molecule has 4 amide bonds. The Labute approximate surface area is 225 Å². The van der Waals surface area contributed by atoms with Crippen LogP contribution in [0.4, 0.5) is 10.5 Å². The molecular formula is C26H19BrCl2N2O5. The van der Waals surface area contributed by atoms with E-state index in [1.807, 2.05) is 6.92 Å². The van der Waals surface area contributed by atoms with Crippen molar-refractivity contribution in [3.63, 3.8) is 0 Å². The van der Waals surface area contributed by atoms with Gasteiger partial charge in [0.05, 0.1) is 17.3 Å². The van der Waals surface area contributed by atoms with Gasteiger partial charge in [0.25, 0.3) is 11.8 Å². The molecule has 1 heterocycles. The number of imide groups is 2. The van der Waals surface area contributed by atoms with Crippen molar-refractivity contribution < 1.29 is 23.9 Å². The molecule has 4 rings (SSSR count). The number of amides is 4. The van der Waals surface area contributed by atoms with Gasteiger partial charge in [0.15, 0.2) is 11.5 Å². The molecule has 0 aromatic heterocycles. The molecule has 0 aliphatic carbocycles. The van der Waals surface area contributed by atoms with E-state index in [9.17, 15) is 14.4 Å². The van der Waals surface area contributed by atoms with Crippen molar-refractivity contribution in [2.24, 2.45) is 0 Å². The quantitative estimate of drug-likeness (QED) is 0.269. The van der Waals surface area contributed by atoms with Gasteiger partial charge < -0.3 is 9.47 Å². The lowest BCUT2D eigenvalue weighted by atomic mass is 10.1. The summed E-state index contributed by atoms with van der Waals surface area (Å²) in [6.07, 6.45) is 1.39. The fourth-order valence-corrected chi connectivity index (χ4v) is 4.54. The van der Waals surface area contributed by atoms with E-state index in [0.717, 1.165) is 16.0 Å². The lowest BCUT2D eigenvalue weighted by Crippen LogP contribution is -2.54. The van der Waals surface area contributed by atoms with Crippen LogP contribution in [0.1, 0.15) is 16.7 Å². The Morgan fingerprint density at radius 2 is 1.75 bits per heavy atom. The Bertz CT molecular complexity index is 1410. The third-order valence-corrected chi connectivity index (χ3v) is 6.52. The number of methoxy groups -OCH3 is 1. The van der Waals surface area contributed by atoms with Crippen LogP contribution in [0.2, 0.25) is 10.0 Å². The van der Waals surface area contributed by atoms with Crippen molar-refractivity contribution in [3.05, 3.63) is 91.4 Å². The predicted molar refractivity (Wildman–Crippen MR) is 142 cm³/mol. The second kappa shape index (κ2) is 10.7. The zero-order valence-corrected chi connectivity index (χ0v) is 22.2. The molecule has 0 radical (unpaired) electrons. The maximum atomic E-state index is 13.1. The van der Waals surface area contributed by atoms with Crippen molar-refractivity contribution in [3.8, 4) is 11.5 Å². The van der Waals surface area contributed by atoms with Gasteiger partial charge in [-0.15, -0.1) is 0 Å². The average molecular weight is 590 g/mol. The summed E-state index contributed by atoms with van der Waals surface area (Å²) in [5, 5.41) is 3.20. The normalized spacial score (nSPS) is 14.8. The minimum atomic E-state index is -0.811. The number of barbiturate groups is 1. The van der Waals surface area contributed by atoms with Gasteiger partial charge in [-0.3, -0.25) is 14.9 Å². The van der Waals surface area contributed by atoms with E-state index >= 15 is 0 Å². The number of halogens is 3. The van der Waals surface area contributed by atoms with E-state index in [-0.39, 0.29) is 12.2 Å². The third kappa shape index (κ3) is 5.41. The highest BCUT2D eigenvalue weighted by Crippen LogP contribution is 2.38. The highest BCUT2D eigenvalue weighted by Gasteiger charge is 2.36. The SMILES string of the molecule is COc1cc(/C=C2\C(=O)NC(=O)N(c3ccc(C)cc3)C2=O)cc(Br)c1OCc1ccc(Cl)cc1Cl. The van der Waals surface area contributed by atoms with Crippen molar-refractivity contribution >= 4 is 68.7 Å². The fraction of sp³-hybridized carbons (Fsp3) is 0.115. The minimum absolute atomic E-state index is 0.153. The number of rotatable bonds is 6. The van der Waals surface area contributed by atoms with Crippen LogP contribution in [0.3, 0.4) is 0 Å². The first kappa shape index (κ1) is 25.8. The maximum absolute atomic E-state index is 13.1. The number of nitrogens with one attached hydrogen (secondary N) is 1. The summed E-state index contributed by atoms with van der Waals surface area (Å²) in [6, 6.07) is 14.4. The summed E-state index contributed by atoms with van der Waals surface area (Å²) in [5.74, 6) is -0.764. The predicted octanol–water partition coefficient (Wildman–Crippen LogP) is 6.32. The van der Waals surface area contributed by atoms with Gasteiger partial charge in [-0.05, 0) is 70.9 Å². The summed E-state index contributed by atoms with van der Waals surface area (Å²) in [6.45, 7) is 2.04. The van der Waals surface area contributed by atoms with Crippen molar-refractivity contribution in [2.45, 2.75) is 13.5 Å². The van der Waals surface area contributed by atoms with Gasteiger partial charge in [-0.25, -0.2) is 9.69 Å². The molecular weight excluding hydrogens is 571 g/mol. The van der Waals surface area contributed by atoms with E-state index in [2.05, 4.69) is 21.2 Å². The number of nitrogens with zero attached hydrogens (tertiary/aromatic N) is 1. The second-order valence-electron chi connectivity index (χ2n) is 7.85. The minimum Gasteiger partial charge on any atom is -0.493 e. The summed E-state index contributed by atoms with van der Waals surface area (Å²) in [4.78, 5) is 39.0. The zero-order chi connectivity index (χ0) is 26.0. The molecule has 1 fully saturated rings. The van der Waals surface area contributed by atoms with Crippen molar-refractivity contribution in [2.75, 3.05) is 12.0 Å². The molecule has 1 N–H and O–H groups in total. The van der Waals surface area contributed by atoms with Crippen molar-refractivity contribution in [1.29, 1.82) is 0 Å². The van der Waals surface area contributed by atoms with Crippen LogP contribution >= 0.6 is 39.1 Å². The number of carbonyl (C=O) groups is 3. The number of carbonyl (C=O) groups excluding carboxylic acids is 3. The van der Waals surface area contributed by atoms with Gasteiger partial charge in [-0.2, -0.15) is 0 Å². The lowest BCUT2D eigenvalue weighted by Gasteiger charge is -2.26. The molecule has 36 heavy (non-hydrogen) atoms. The number of benzene rings is 3. The summed E-state index contributed by atoms with van der Waals surface area (Å²) >= 11 is 15.6. The van der Waals surface area contributed by atoms with E-state index in [1.54, 1.807) is 54.6 Å². The third-order valence-electron chi connectivity index (χ3n) is 5.34. The van der Waals surface area contributed by atoms with Crippen LogP contribution in [0.15, 0.2) is 64.6 Å². The molecule has 1 aliphatic rings. The fourth-order valence-electron chi connectivity index (χ4n) is 3.50. The van der Waals surface area contributed by atoms with Gasteiger partial charge in [0, 0.05) is 15.6 Å². The average Bonchev–Trinajstić information content (AvgIpc) is 2.83. The summed E-state index contributed by atoms with van der Waals surface area (Å²) < 4.78 is 11.9. The molecule has 0 saturated carbocycles. The van der Waals surface area contributed by atoms with E-state index in [1.165, 1.54) is 13.2 Å². The molecule has 1 aliphatic heterocycles. The zero-order valence-electron chi connectivity index (χ0n) is 19.1. The molecule has 10 heteroatoms. The first-order chi connectivity index (χ1) is 17.2. The number of aryl methyl sites for hydroxylation is 1. The standard InChI is InChI=1S/C26H19BrCl2N2O5/c1-14-3-7-18(8-4-14)31-25(33)19(24(32)30-26(31)34)9-15-10-20(27)23(22(11-15)35-2)36-13-16-5-6-17(28)12-21(16)29/h3-12H,13H2,1-2H3,(H,30,32,34)/b19-9+. The Hall–Kier alpha value is -3.33. The van der Waals surface area contributed by atoms with Gasteiger partial charge in [0.2, 0.25) is 0 Å². The molecule has 3 aromatic carbocycles. The van der Waals surface area contributed by atoms with Crippen LogP contribution in [0.5, 0.6) is 11.5 Å². The molecule has 0 unspecified atom stereocenters. The molecule has 0 spiro atoms. The molecule has 184 valence electrons. The number of ether oxygens (including phenoxy) is 2. The van der Waals surface area contributed by atoms with Crippen LogP contribution in [-0.2, 0) is 16.2 Å². The highest BCUT2D eigenvalue weighted by atomic mass is 79.9. The summed E-state index contributed by atoms with van der Waals surface area (Å²) in [5.41, 5.74) is 2.32. The largest absolute Gasteiger partial charge is 0.493 e.